The first kappa shape index (κ1) is 11.0. The molecule has 2 N–H and O–H groups in total. The maximum atomic E-state index is 13.5. The molecule has 0 spiro atoms. The van der Waals surface area contributed by atoms with Gasteiger partial charge in [-0.2, -0.15) is 0 Å². The van der Waals surface area contributed by atoms with Crippen LogP contribution in [0.3, 0.4) is 0 Å². The Morgan fingerprint density at radius 1 is 1.31 bits per heavy atom. The number of benzene rings is 1. The van der Waals surface area contributed by atoms with E-state index in [1.54, 1.807) is 0 Å². The van der Waals surface area contributed by atoms with E-state index in [1.807, 2.05) is 0 Å². The number of nitrogens with one attached hydrogen (secondary N) is 1. The molecule has 1 aromatic carbocycles. The first-order valence-electron chi connectivity index (χ1n) is 4.41. The molecule has 0 aliphatic heterocycles. The average Bonchev–Trinajstić information content (AvgIpc) is 2.71. The Balaban J connectivity index is 2.51. The maximum Gasteiger partial charge on any atom is 0.142 e. The number of aliphatic hydroxyl groups excluding tert-OH is 1. The summed E-state index contributed by atoms with van der Waals surface area (Å²) in [4.78, 5) is 6.48. The van der Waals surface area contributed by atoms with Crippen LogP contribution in [0.5, 0.6) is 0 Å². The fourth-order valence-electron chi connectivity index (χ4n) is 1.28. The summed E-state index contributed by atoms with van der Waals surface area (Å²) in [6.07, 6.45) is 1.35. The van der Waals surface area contributed by atoms with E-state index in [9.17, 15) is 8.78 Å². The van der Waals surface area contributed by atoms with Gasteiger partial charge in [-0.25, -0.2) is 13.8 Å². The first-order valence-corrected chi connectivity index (χ1v) is 4.79. The number of aromatic amines is 1. The molecule has 0 aliphatic carbocycles. The lowest BCUT2D eigenvalue weighted by molar-refractivity contribution is 0.277. The lowest BCUT2D eigenvalue weighted by Crippen LogP contribution is -1.90. The molecule has 0 unspecified atom stereocenters. The Hall–Kier alpha value is -1.46. The largest absolute Gasteiger partial charge is 0.390 e. The topological polar surface area (TPSA) is 48.9 Å². The molecule has 0 radical (unpaired) electrons. The number of imidazole rings is 1. The highest BCUT2D eigenvalue weighted by Crippen LogP contribution is 2.25. The second-order valence-electron chi connectivity index (χ2n) is 3.16. The van der Waals surface area contributed by atoms with Gasteiger partial charge in [-0.15, -0.1) is 0 Å². The van der Waals surface area contributed by atoms with Crippen LogP contribution in [0, 0.1) is 11.6 Å². The molecule has 16 heavy (non-hydrogen) atoms. The van der Waals surface area contributed by atoms with Gasteiger partial charge >= 0.3 is 0 Å². The number of aliphatic hydroxyl groups is 1. The molecule has 0 amide bonds. The van der Waals surface area contributed by atoms with Crippen molar-refractivity contribution in [3.63, 3.8) is 0 Å². The van der Waals surface area contributed by atoms with Gasteiger partial charge < -0.3 is 10.1 Å². The number of hydrogen-bond donors (Lipinski definition) is 2. The highest BCUT2D eigenvalue weighted by molar-refractivity contribution is 6.30. The number of aromatic nitrogens is 2. The molecular formula is C10H7ClF2N2O. The van der Waals surface area contributed by atoms with Crippen LogP contribution in [-0.4, -0.2) is 15.1 Å². The Kier molecular flexibility index (Phi) is 2.89. The molecule has 3 nitrogen and oxygen atoms in total. The van der Waals surface area contributed by atoms with E-state index in [-0.39, 0.29) is 23.0 Å². The van der Waals surface area contributed by atoms with E-state index < -0.39 is 11.6 Å². The van der Waals surface area contributed by atoms with Gasteiger partial charge in [0, 0.05) is 0 Å². The second-order valence-corrected chi connectivity index (χ2v) is 3.57. The lowest BCUT2D eigenvalue weighted by Gasteiger charge is -2.01. The monoisotopic (exact) mass is 244 g/mol. The first-order chi connectivity index (χ1) is 7.61. The van der Waals surface area contributed by atoms with E-state index in [1.165, 1.54) is 6.20 Å². The van der Waals surface area contributed by atoms with E-state index >= 15 is 0 Å². The highest BCUT2D eigenvalue weighted by atomic mass is 35.5. The fraction of sp³-hybridized carbons (Fsp3) is 0.100. The minimum Gasteiger partial charge on any atom is -0.390 e. The molecule has 0 fully saturated rings. The summed E-state index contributed by atoms with van der Waals surface area (Å²) in [5.41, 5.74) is 0.395. The van der Waals surface area contributed by atoms with Gasteiger partial charge in [0.25, 0.3) is 0 Å². The van der Waals surface area contributed by atoms with Crippen LogP contribution < -0.4 is 0 Å². The SMILES string of the molecule is OCc1cnc(-c2cc(F)c(Cl)cc2F)[nH]1. The zero-order valence-corrected chi connectivity index (χ0v) is 8.72. The van der Waals surface area contributed by atoms with Crippen LogP contribution in [0.1, 0.15) is 5.69 Å². The number of nitrogens with zero attached hydrogens (tertiary/aromatic N) is 1. The van der Waals surface area contributed by atoms with E-state index in [4.69, 9.17) is 16.7 Å². The minimum atomic E-state index is -0.722. The van der Waals surface area contributed by atoms with Crippen LogP contribution in [-0.2, 0) is 6.61 Å². The van der Waals surface area contributed by atoms with E-state index in [0.717, 1.165) is 12.1 Å². The second kappa shape index (κ2) is 4.19. The smallest absolute Gasteiger partial charge is 0.142 e. The van der Waals surface area contributed by atoms with Crippen molar-refractivity contribution in [1.29, 1.82) is 0 Å². The number of rotatable bonds is 2. The number of H-pyrrole nitrogens is 1. The molecule has 2 aromatic rings. The molecule has 0 atom stereocenters. The molecule has 0 saturated carbocycles. The third kappa shape index (κ3) is 1.91. The predicted molar refractivity (Wildman–Crippen MR) is 54.9 cm³/mol. The summed E-state index contributed by atoms with van der Waals surface area (Å²) in [5, 5.41) is 8.52. The molecule has 1 heterocycles. The molecule has 0 saturated heterocycles. The molecule has 0 aliphatic rings. The standard InChI is InChI=1S/C10H7ClF2N2O/c11-7-2-8(12)6(1-9(7)13)10-14-3-5(4-16)15-10/h1-3,16H,4H2,(H,14,15). The summed E-state index contributed by atoms with van der Waals surface area (Å²) in [5.74, 6) is -1.25. The molecule has 2 rings (SSSR count). The van der Waals surface area contributed by atoms with Crippen molar-refractivity contribution >= 4 is 11.6 Å². The molecule has 6 heteroatoms. The van der Waals surface area contributed by atoms with E-state index in [0.29, 0.717) is 5.69 Å². The van der Waals surface area contributed by atoms with Gasteiger partial charge in [-0.1, -0.05) is 11.6 Å². The van der Waals surface area contributed by atoms with Crippen LogP contribution in [0.15, 0.2) is 18.3 Å². The van der Waals surface area contributed by atoms with Crippen LogP contribution in [0.25, 0.3) is 11.4 Å². The van der Waals surface area contributed by atoms with Crippen molar-refractivity contribution in [1.82, 2.24) is 9.97 Å². The van der Waals surface area contributed by atoms with Crippen LogP contribution in [0.2, 0.25) is 5.02 Å². The quantitative estimate of drug-likeness (QED) is 0.798. The molecule has 84 valence electrons. The maximum absolute atomic E-state index is 13.5. The Morgan fingerprint density at radius 2 is 2.06 bits per heavy atom. The summed E-state index contributed by atoms with van der Waals surface area (Å²) in [6, 6.07) is 1.84. The molecule has 1 aromatic heterocycles. The van der Waals surface area contributed by atoms with E-state index in [2.05, 4.69) is 9.97 Å². The van der Waals surface area contributed by atoms with Gasteiger partial charge in [-0.05, 0) is 12.1 Å². The summed E-state index contributed by atoms with van der Waals surface area (Å²) >= 11 is 5.42. The van der Waals surface area contributed by atoms with Crippen molar-refractivity contribution in [2.75, 3.05) is 0 Å². The third-order valence-corrected chi connectivity index (χ3v) is 2.35. The van der Waals surface area contributed by atoms with Gasteiger partial charge in [0.2, 0.25) is 0 Å². The van der Waals surface area contributed by atoms with Gasteiger partial charge in [-0.3, -0.25) is 0 Å². The molecule has 0 bridgehead atoms. The van der Waals surface area contributed by atoms with Gasteiger partial charge in [0.05, 0.1) is 29.1 Å². The predicted octanol–water partition coefficient (Wildman–Crippen LogP) is 2.50. The number of halogens is 3. The average molecular weight is 245 g/mol. The van der Waals surface area contributed by atoms with Gasteiger partial charge in [0.15, 0.2) is 0 Å². The third-order valence-electron chi connectivity index (χ3n) is 2.06. The highest BCUT2D eigenvalue weighted by Gasteiger charge is 2.12. The Labute approximate surface area is 94.7 Å². The van der Waals surface area contributed by atoms with Crippen molar-refractivity contribution in [3.8, 4) is 11.4 Å². The summed E-state index contributed by atoms with van der Waals surface area (Å²) in [6.45, 7) is -0.245. The van der Waals surface area contributed by atoms with Crippen molar-refractivity contribution in [2.45, 2.75) is 6.61 Å². The van der Waals surface area contributed by atoms with Crippen LogP contribution >= 0.6 is 11.6 Å². The Morgan fingerprint density at radius 3 is 2.69 bits per heavy atom. The van der Waals surface area contributed by atoms with Crippen LogP contribution in [0.4, 0.5) is 8.78 Å². The lowest BCUT2D eigenvalue weighted by atomic mass is 10.2. The minimum absolute atomic E-state index is 0.0263. The van der Waals surface area contributed by atoms with Crippen molar-refractivity contribution < 1.29 is 13.9 Å². The van der Waals surface area contributed by atoms with Crippen molar-refractivity contribution in [2.24, 2.45) is 0 Å². The number of hydrogen-bond acceptors (Lipinski definition) is 2. The summed E-state index contributed by atoms with van der Waals surface area (Å²) < 4.78 is 26.6. The zero-order valence-electron chi connectivity index (χ0n) is 7.97. The fourth-order valence-corrected chi connectivity index (χ4v) is 1.43. The zero-order chi connectivity index (χ0) is 11.7. The summed E-state index contributed by atoms with van der Waals surface area (Å²) in [7, 11) is 0. The normalized spacial score (nSPS) is 10.8. The van der Waals surface area contributed by atoms with Crippen molar-refractivity contribution in [3.05, 3.63) is 40.7 Å². The Bertz CT molecular complexity index is 528. The molecular weight excluding hydrogens is 238 g/mol. The van der Waals surface area contributed by atoms with Gasteiger partial charge in [0.1, 0.15) is 17.5 Å².